The normalized spacial score (nSPS) is 10.7. The summed E-state index contributed by atoms with van der Waals surface area (Å²) in [5.41, 5.74) is 2.18. The van der Waals surface area contributed by atoms with Gasteiger partial charge in [0.2, 0.25) is 0 Å². The minimum absolute atomic E-state index is 0.0290. The molecule has 2 rings (SSSR count). The van der Waals surface area contributed by atoms with Crippen molar-refractivity contribution in [1.82, 2.24) is 15.1 Å². The van der Waals surface area contributed by atoms with Gasteiger partial charge in [0.05, 0.1) is 10.6 Å². The molecule has 1 amide bonds. The second kappa shape index (κ2) is 6.25. The topological polar surface area (TPSA) is 46.9 Å². The molecule has 0 spiro atoms. The molecule has 0 unspecified atom stereocenters. The third-order valence-electron chi connectivity index (χ3n) is 2.75. The number of aryl methyl sites for hydroxylation is 3. The Balaban J connectivity index is 1.75. The van der Waals surface area contributed by atoms with Gasteiger partial charge in [-0.25, -0.2) is 0 Å². The summed E-state index contributed by atoms with van der Waals surface area (Å²) >= 11 is 5.60. The van der Waals surface area contributed by atoms with Gasteiger partial charge in [0, 0.05) is 29.1 Å². The molecule has 2 aromatic rings. The van der Waals surface area contributed by atoms with Crippen molar-refractivity contribution in [1.29, 1.82) is 0 Å². The van der Waals surface area contributed by atoms with Crippen molar-refractivity contribution in [2.24, 2.45) is 0 Å². The Morgan fingerprint density at radius 3 is 2.84 bits per heavy atom. The number of carbonyl (C=O) groups is 1. The highest BCUT2D eigenvalue weighted by molar-refractivity contribution is 7.80. The molecule has 6 heteroatoms. The third-order valence-corrected chi connectivity index (χ3v) is 4.11. The van der Waals surface area contributed by atoms with Gasteiger partial charge < -0.3 is 5.32 Å². The van der Waals surface area contributed by atoms with Crippen LogP contribution >= 0.6 is 24.0 Å². The summed E-state index contributed by atoms with van der Waals surface area (Å²) in [6.45, 7) is 5.49. The van der Waals surface area contributed by atoms with Crippen LogP contribution in [0.1, 0.15) is 27.5 Å². The van der Waals surface area contributed by atoms with E-state index in [9.17, 15) is 4.79 Å². The first-order chi connectivity index (χ1) is 9.06. The van der Waals surface area contributed by atoms with Gasteiger partial charge in [-0.3, -0.25) is 9.48 Å². The maximum atomic E-state index is 11.8. The Labute approximate surface area is 122 Å². The number of nitrogens with zero attached hydrogens (tertiary/aromatic N) is 2. The van der Waals surface area contributed by atoms with Crippen LogP contribution in [0.25, 0.3) is 0 Å². The summed E-state index contributed by atoms with van der Waals surface area (Å²) in [7, 11) is 0. The van der Waals surface area contributed by atoms with E-state index in [1.54, 1.807) is 6.07 Å². The third kappa shape index (κ3) is 3.84. The zero-order valence-electron chi connectivity index (χ0n) is 11.0. The minimum atomic E-state index is -0.0290. The molecule has 19 heavy (non-hydrogen) atoms. The standard InChI is InChI=1S/C13H17N3OS2/c1-9-6-10(2)16(15-9)5-3-4-14-13(17)12-7-11(18)8-19-12/h6-8,18H,3-5H2,1-2H3,(H,14,17). The van der Waals surface area contributed by atoms with E-state index in [0.29, 0.717) is 11.4 Å². The van der Waals surface area contributed by atoms with Crippen LogP contribution in [0.3, 0.4) is 0 Å². The van der Waals surface area contributed by atoms with Crippen LogP contribution < -0.4 is 5.32 Å². The average molecular weight is 295 g/mol. The van der Waals surface area contributed by atoms with Gasteiger partial charge in [-0.2, -0.15) is 5.10 Å². The molecule has 0 atom stereocenters. The van der Waals surface area contributed by atoms with E-state index in [-0.39, 0.29) is 5.91 Å². The lowest BCUT2D eigenvalue weighted by molar-refractivity contribution is 0.0956. The zero-order chi connectivity index (χ0) is 13.8. The lowest BCUT2D eigenvalue weighted by atomic mass is 10.3. The molecule has 102 valence electrons. The van der Waals surface area contributed by atoms with E-state index in [2.05, 4.69) is 29.1 Å². The largest absolute Gasteiger partial charge is 0.351 e. The van der Waals surface area contributed by atoms with Crippen LogP contribution in [0.15, 0.2) is 22.4 Å². The maximum Gasteiger partial charge on any atom is 0.261 e. The summed E-state index contributed by atoms with van der Waals surface area (Å²) < 4.78 is 1.97. The van der Waals surface area contributed by atoms with Gasteiger partial charge in [-0.1, -0.05) is 0 Å². The van der Waals surface area contributed by atoms with Crippen molar-refractivity contribution in [2.45, 2.75) is 31.7 Å². The van der Waals surface area contributed by atoms with Crippen LogP contribution in [-0.2, 0) is 6.54 Å². The number of hydrogen-bond acceptors (Lipinski definition) is 4. The molecule has 4 nitrogen and oxygen atoms in total. The predicted molar refractivity (Wildman–Crippen MR) is 80.2 cm³/mol. The van der Waals surface area contributed by atoms with E-state index in [0.717, 1.165) is 29.2 Å². The fourth-order valence-corrected chi connectivity index (χ4v) is 2.93. The second-order valence-corrected chi connectivity index (χ2v) is 5.86. The molecule has 2 aromatic heterocycles. The Morgan fingerprint density at radius 1 is 1.47 bits per heavy atom. The van der Waals surface area contributed by atoms with Crippen LogP contribution in [0.4, 0.5) is 0 Å². The molecule has 0 saturated carbocycles. The fraction of sp³-hybridized carbons (Fsp3) is 0.385. The van der Waals surface area contributed by atoms with Gasteiger partial charge in [0.1, 0.15) is 0 Å². The molecule has 0 fully saturated rings. The van der Waals surface area contributed by atoms with Crippen molar-refractivity contribution in [3.63, 3.8) is 0 Å². The Kier molecular flexibility index (Phi) is 4.66. The summed E-state index contributed by atoms with van der Waals surface area (Å²) in [4.78, 5) is 13.3. The summed E-state index contributed by atoms with van der Waals surface area (Å²) in [5.74, 6) is -0.0290. The first kappa shape index (κ1) is 14.1. The highest BCUT2D eigenvalue weighted by Crippen LogP contribution is 2.17. The van der Waals surface area contributed by atoms with E-state index in [1.807, 2.05) is 23.9 Å². The number of nitrogens with one attached hydrogen (secondary N) is 1. The lowest BCUT2D eigenvalue weighted by Crippen LogP contribution is -2.24. The molecule has 2 heterocycles. The number of hydrogen-bond donors (Lipinski definition) is 2. The Morgan fingerprint density at radius 2 is 2.26 bits per heavy atom. The van der Waals surface area contributed by atoms with Gasteiger partial charge in [0.15, 0.2) is 0 Å². The fourth-order valence-electron chi connectivity index (χ4n) is 1.86. The van der Waals surface area contributed by atoms with E-state index in [4.69, 9.17) is 0 Å². The summed E-state index contributed by atoms with van der Waals surface area (Å²) in [6.07, 6.45) is 0.868. The van der Waals surface area contributed by atoms with Crippen molar-refractivity contribution in [2.75, 3.05) is 6.54 Å². The molecule has 0 bridgehead atoms. The van der Waals surface area contributed by atoms with Crippen molar-refractivity contribution in [3.8, 4) is 0 Å². The number of carbonyl (C=O) groups excluding carboxylic acids is 1. The highest BCUT2D eigenvalue weighted by Gasteiger charge is 2.07. The maximum absolute atomic E-state index is 11.8. The lowest BCUT2D eigenvalue weighted by Gasteiger charge is -2.05. The molecule has 0 aliphatic carbocycles. The van der Waals surface area contributed by atoms with Crippen molar-refractivity contribution < 1.29 is 4.79 Å². The molecule has 0 aliphatic rings. The number of thiol groups is 1. The van der Waals surface area contributed by atoms with Gasteiger partial charge >= 0.3 is 0 Å². The monoisotopic (exact) mass is 295 g/mol. The molecule has 0 radical (unpaired) electrons. The first-order valence-electron chi connectivity index (χ1n) is 6.13. The van der Waals surface area contributed by atoms with Crippen LogP contribution in [0, 0.1) is 13.8 Å². The number of amides is 1. The number of thiophene rings is 1. The molecule has 0 aromatic carbocycles. The highest BCUT2D eigenvalue weighted by atomic mass is 32.1. The van der Waals surface area contributed by atoms with Crippen molar-refractivity contribution in [3.05, 3.63) is 33.8 Å². The SMILES string of the molecule is Cc1cc(C)n(CCCNC(=O)c2cc(S)cs2)n1. The van der Waals surface area contributed by atoms with Crippen LogP contribution in [-0.4, -0.2) is 22.2 Å². The molecule has 0 saturated heterocycles. The molecular formula is C13H17N3OS2. The number of aromatic nitrogens is 2. The smallest absolute Gasteiger partial charge is 0.261 e. The summed E-state index contributed by atoms with van der Waals surface area (Å²) in [6, 6.07) is 3.84. The van der Waals surface area contributed by atoms with Crippen LogP contribution in [0.2, 0.25) is 0 Å². The van der Waals surface area contributed by atoms with E-state index < -0.39 is 0 Å². The van der Waals surface area contributed by atoms with Gasteiger partial charge in [-0.15, -0.1) is 24.0 Å². The molecular weight excluding hydrogens is 278 g/mol. The van der Waals surface area contributed by atoms with Crippen molar-refractivity contribution >= 4 is 29.9 Å². The molecule has 0 aliphatic heterocycles. The summed E-state index contributed by atoms with van der Waals surface area (Å²) in [5, 5.41) is 9.14. The van der Waals surface area contributed by atoms with Gasteiger partial charge in [-0.05, 0) is 32.4 Å². The average Bonchev–Trinajstić information content (AvgIpc) is 2.91. The van der Waals surface area contributed by atoms with Gasteiger partial charge in [0.25, 0.3) is 5.91 Å². The van der Waals surface area contributed by atoms with E-state index in [1.165, 1.54) is 11.3 Å². The number of rotatable bonds is 5. The first-order valence-corrected chi connectivity index (χ1v) is 7.45. The minimum Gasteiger partial charge on any atom is -0.351 e. The second-order valence-electron chi connectivity index (χ2n) is 4.43. The van der Waals surface area contributed by atoms with E-state index >= 15 is 0 Å². The quantitative estimate of drug-likeness (QED) is 0.658. The molecule has 1 N–H and O–H groups in total. The Hall–Kier alpha value is -1.27. The predicted octanol–water partition coefficient (Wildman–Crippen LogP) is 2.67. The Bertz CT molecular complexity index is 574. The van der Waals surface area contributed by atoms with Crippen LogP contribution in [0.5, 0.6) is 0 Å². The zero-order valence-corrected chi connectivity index (χ0v) is 12.7.